The monoisotopic (exact) mass is 233 g/mol. The van der Waals surface area contributed by atoms with E-state index >= 15 is 0 Å². The molecule has 0 radical (unpaired) electrons. The highest BCUT2D eigenvalue weighted by molar-refractivity contribution is 6.30. The van der Waals surface area contributed by atoms with Gasteiger partial charge in [0.1, 0.15) is 5.60 Å². The third kappa shape index (κ3) is 2.08. The van der Waals surface area contributed by atoms with E-state index in [0.717, 1.165) is 11.1 Å². The van der Waals surface area contributed by atoms with Crippen molar-refractivity contribution in [2.45, 2.75) is 12.5 Å². The van der Waals surface area contributed by atoms with Gasteiger partial charge in [0.05, 0.1) is 0 Å². The van der Waals surface area contributed by atoms with Gasteiger partial charge in [0.25, 0.3) is 0 Å². The minimum atomic E-state index is -1.02. The van der Waals surface area contributed by atoms with Crippen LogP contribution in [-0.2, 0) is 5.60 Å². The molecule has 0 fully saturated rings. The lowest BCUT2D eigenvalue weighted by molar-refractivity contribution is 0.102. The quantitative estimate of drug-likeness (QED) is 0.865. The molecule has 1 heterocycles. The summed E-state index contributed by atoms with van der Waals surface area (Å²) < 4.78 is 0. The summed E-state index contributed by atoms with van der Waals surface area (Å²) >= 11 is 5.82. The van der Waals surface area contributed by atoms with E-state index in [1.807, 2.05) is 12.1 Å². The maximum absolute atomic E-state index is 10.5. The SMILES string of the molecule is CC(O)(c1ccncc1)c1ccc(Cl)cc1. The van der Waals surface area contributed by atoms with Crippen LogP contribution in [0.2, 0.25) is 5.02 Å². The van der Waals surface area contributed by atoms with Gasteiger partial charge in [-0.15, -0.1) is 0 Å². The first-order chi connectivity index (χ1) is 7.60. The number of aromatic nitrogens is 1. The standard InChI is InChI=1S/C13H12ClNO/c1-13(16,11-6-8-15-9-7-11)10-2-4-12(14)5-3-10/h2-9,16H,1H3. The Balaban J connectivity index is 2.43. The van der Waals surface area contributed by atoms with E-state index in [1.165, 1.54) is 0 Å². The fraction of sp³-hybridized carbons (Fsp3) is 0.154. The molecule has 1 N–H and O–H groups in total. The van der Waals surface area contributed by atoms with E-state index in [2.05, 4.69) is 4.98 Å². The molecule has 3 heteroatoms. The minimum Gasteiger partial charge on any atom is -0.381 e. The van der Waals surface area contributed by atoms with Crippen molar-refractivity contribution in [2.75, 3.05) is 0 Å². The first-order valence-corrected chi connectivity index (χ1v) is 5.37. The van der Waals surface area contributed by atoms with Crippen LogP contribution in [0.15, 0.2) is 48.8 Å². The maximum Gasteiger partial charge on any atom is 0.112 e. The highest BCUT2D eigenvalue weighted by Crippen LogP contribution is 2.29. The topological polar surface area (TPSA) is 33.1 Å². The molecule has 0 spiro atoms. The summed E-state index contributed by atoms with van der Waals surface area (Å²) in [6, 6.07) is 10.8. The molecule has 1 atom stereocenters. The van der Waals surface area contributed by atoms with Crippen LogP contribution in [0.4, 0.5) is 0 Å². The second-order valence-corrected chi connectivity index (χ2v) is 4.25. The zero-order valence-corrected chi connectivity index (χ0v) is 9.65. The molecule has 1 aromatic heterocycles. The van der Waals surface area contributed by atoms with Crippen LogP contribution in [0.25, 0.3) is 0 Å². The van der Waals surface area contributed by atoms with Gasteiger partial charge < -0.3 is 5.11 Å². The number of benzene rings is 1. The lowest BCUT2D eigenvalue weighted by Gasteiger charge is -2.24. The van der Waals surface area contributed by atoms with E-state index in [0.29, 0.717) is 5.02 Å². The van der Waals surface area contributed by atoms with Crippen LogP contribution in [0, 0.1) is 0 Å². The van der Waals surface area contributed by atoms with E-state index in [9.17, 15) is 5.11 Å². The van der Waals surface area contributed by atoms with Gasteiger partial charge in [0.15, 0.2) is 0 Å². The van der Waals surface area contributed by atoms with Crippen molar-refractivity contribution >= 4 is 11.6 Å². The second kappa shape index (κ2) is 4.24. The third-order valence-electron chi connectivity index (χ3n) is 2.65. The molecule has 0 saturated carbocycles. The lowest BCUT2D eigenvalue weighted by Crippen LogP contribution is -2.22. The summed E-state index contributed by atoms with van der Waals surface area (Å²) in [6.07, 6.45) is 3.33. The molecule has 2 nitrogen and oxygen atoms in total. The van der Waals surface area contributed by atoms with Crippen molar-refractivity contribution in [3.63, 3.8) is 0 Å². The van der Waals surface area contributed by atoms with Gasteiger partial charge in [-0.2, -0.15) is 0 Å². The van der Waals surface area contributed by atoms with E-state index < -0.39 is 5.60 Å². The third-order valence-corrected chi connectivity index (χ3v) is 2.90. The van der Waals surface area contributed by atoms with Gasteiger partial charge in [-0.25, -0.2) is 0 Å². The molecule has 0 aliphatic rings. The summed E-state index contributed by atoms with van der Waals surface area (Å²) in [5.41, 5.74) is 0.598. The van der Waals surface area contributed by atoms with Crippen LogP contribution >= 0.6 is 11.6 Å². The Labute approximate surface area is 99.5 Å². The Bertz CT molecular complexity index is 465. The maximum atomic E-state index is 10.5. The van der Waals surface area contributed by atoms with Crippen molar-refractivity contribution in [3.05, 3.63) is 64.9 Å². The van der Waals surface area contributed by atoms with Crippen LogP contribution in [0.1, 0.15) is 18.1 Å². The number of rotatable bonds is 2. The molecule has 1 unspecified atom stereocenters. The first-order valence-electron chi connectivity index (χ1n) is 4.99. The fourth-order valence-electron chi connectivity index (χ4n) is 1.62. The van der Waals surface area contributed by atoms with Crippen LogP contribution in [-0.4, -0.2) is 10.1 Å². The van der Waals surface area contributed by atoms with Crippen molar-refractivity contribution in [3.8, 4) is 0 Å². The molecular formula is C13H12ClNO. The number of hydrogen-bond donors (Lipinski definition) is 1. The largest absolute Gasteiger partial charge is 0.381 e. The molecule has 82 valence electrons. The molecule has 0 amide bonds. The average Bonchev–Trinajstić information content (AvgIpc) is 2.31. The molecule has 0 saturated heterocycles. The van der Waals surface area contributed by atoms with Crippen LogP contribution < -0.4 is 0 Å². The van der Waals surface area contributed by atoms with Crippen LogP contribution in [0.5, 0.6) is 0 Å². The summed E-state index contributed by atoms with van der Waals surface area (Å²) in [7, 11) is 0. The first kappa shape index (κ1) is 11.1. The summed E-state index contributed by atoms with van der Waals surface area (Å²) in [5.74, 6) is 0. The number of hydrogen-bond acceptors (Lipinski definition) is 2. The van der Waals surface area contributed by atoms with Crippen molar-refractivity contribution in [1.29, 1.82) is 0 Å². The van der Waals surface area contributed by atoms with Gasteiger partial charge >= 0.3 is 0 Å². The zero-order valence-electron chi connectivity index (χ0n) is 8.89. The average molecular weight is 234 g/mol. The molecule has 0 aliphatic carbocycles. The smallest absolute Gasteiger partial charge is 0.112 e. The van der Waals surface area contributed by atoms with Gasteiger partial charge in [-0.05, 0) is 42.3 Å². The predicted molar refractivity (Wildman–Crippen MR) is 64.4 cm³/mol. The second-order valence-electron chi connectivity index (χ2n) is 3.81. The molecular weight excluding hydrogens is 222 g/mol. The zero-order chi connectivity index (χ0) is 11.6. The highest BCUT2D eigenvalue weighted by Gasteiger charge is 2.24. The summed E-state index contributed by atoms with van der Waals surface area (Å²) in [4.78, 5) is 3.93. The number of nitrogens with zero attached hydrogens (tertiary/aromatic N) is 1. The molecule has 16 heavy (non-hydrogen) atoms. The number of pyridine rings is 1. The molecule has 1 aromatic carbocycles. The molecule has 2 aromatic rings. The Morgan fingerprint density at radius 2 is 1.50 bits per heavy atom. The summed E-state index contributed by atoms with van der Waals surface area (Å²) in [5, 5.41) is 11.1. The Morgan fingerprint density at radius 1 is 1.00 bits per heavy atom. The van der Waals surface area contributed by atoms with Crippen molar-refractivity contribution in [2.24, 2.45) is 0 Å². The normalized spacial score (nSPS) is 14.4. The molecule has 0 aliphatic heterocycles. The van der Waals surface area contributed by atoms with Gasteiger partial charge in [-0.3, -0.25) is 4.98 Å². The van der Waals surface area contributed by atoms with Gasteiger partial charge in [0.2, 0.25) is 0 Å². The molecule has 0 bridgehead atoms. The number of aliphatic hydroxyl groups is 1. The van der Waals surface area contributed by atoms with E-state index in [4.69, 9.17) is 11.6 Å². The van der Waals surface area contributed by atoms with E-state index in [-0.39, 0.29) is 0 Å². The van der Waals surface area contributed by atoms with Gasteiger partial charge in [-0.1, -0.05) is 23.7 Å². The minimum absolute atomic E-state index is 0.661. The van der Waals surface area contributed by atoms with Gasteiger partial charge in [0, 0.05) is 17.4 Å². The Kier molecular flexibility index (Phi) is 2.95. The lowest BCUT2D eigenvalue weighted by atomic mass is 9.89. The fourth-order valence-corrected chi connectivity index (χ4v) is 1.74. The Morgan fingerprint density at radius 3 is 2.06 bits per heavy atom. The predicted octanol–water partition coefficient (Wildman–Crippen LogP) is 2.99. The van der Waals surface area contributed by atoms with Crippen molar-refractivity contribution in [1.82, 2.24) is 4.98 Å². The highest BCUT2D eigenvalue weighted by atomic mass is 35.5. The summed E-state index contributed by atoms with van der Waals surface area (Å²) in [6.45, 7) is 1.76. The molecule has 2 rings (SSSR count). The number of halogens is 1. The van der Waals surface area contributed by atoms with Crippen LogP contribution in [0.3, 0.4) is 0 Å². The Hall–Kier alpha value is -1.38. The van der Waals surface area contributed by atoms with E-state index in [1.54, 1.807) is 43.6 Å². The van der Waals surface area contributed by atoms with Crippen molar-refractivity contribution < 1.29 is 5.11 Å².